The van der Waals surface area contributed by atoms with Gasteiger partial charge in [0, 0.05) is 35.9 Å². The van der Waals surface area contributed by atoms with E-state index in [2.05, 4.69) is 80.1 Å². The van der Waals surface area contributed by atoms with Crippen LogP contribution in [0.2, 0.25) is 0 Å². The number of imidazole rings is 1. The predicted octanol–water partition coefficient (Wildman–Crippen LogP) is 3.87. The van der Waals surface area contributed by atoms with Crippen LogP contribution < -0.4 is 5.32 Å². The Bertz CT molecular complexity index is 861. The van der Waals surface area contributed by atoms with Crippen molar-refractivity contribution in [3.05, 3.63) is 58.3 Å². The van der Waals surface area contributed by atoms with Crippen molar-refractivity contribution in [3.63, 3.8) is 0 Å². The summed E-state index contributed by atoms with van der Waals surface area (Å²) in [5.41, 5.74) is 5.82. The van der Waals surface area contributed by atoms with Crippen LogP contribution >= 0.6 is 15.9 Å². The summed E-state index contributed by atoms with van der Waals surface area (Å²) in [6.45, 7) is 7.41. The van der Waals surface area contributed by atoms with Crippen molar-refractivity contribution in [2.45, 2.75) is 19.9 Å². The smallest absolute Gasteiger partial charge is 0.137 e. The minimum atomic E-state index is 0.919. The van der Waals surface area contributed by atoms with Crippen molar-refractivity contribution in [2.24, 2.45) is 0 Å². The van der Waals surface area contributed by atoms with E-state index in [0.29, 0.717) is 0 Å². The van der Waals surface area contributed by atoms with Crippen LogP contribution in [0.5, 0.6) is 0 Å². The van der Waals surface area contributed by atoms with Gasteiger partial charge in [0.1, 0.15) is 5.65 Å². The van der Waals surface area contributed by atoms with Crippen LogP contribution in [-0.2, 0) is 6.54 Å². The first kappa shape index (κ1) is 16.8. The Hall–Kier alpha value is -1.69. The van der Waals surface area contributed by atoms with Crippen LogP contribution in [0, 0.1) is 6.92 Å². The molecule has 0 amide bonds. The van der Waals surface area contributed by atoms with Gasteiger partial charge in [-0.15, -0.1) is 0 Å². The van der Waals surface area contributed by atoms with Gasteiger partial charge in [-0.3, -0.25) is 4.90 Å². The second-order valence-corrected chi connectivity index (χ2v) is 7.64. The van der Waals surface area contributed by atoms with E-state index in [1.54, 1.807) is 0 Å². The van der Waals surface area contributed by atoms with Crippen LogP contribution in [0.25, 0.3) is 16.9 Å². The van der Waals surface area contributed by atoms with E-state index in [-0.39, 0.29) is 0 Å². The zero-order chi connectivity index (χ0) is 17.2. The molecule has 4 rings (SSSR count). The van der Waals surface area contributed by atoms with Crippen molar-refractivity contribution >= 4 is 21.6 Å². The fourth-order valence-electron chi connectivity index (χ4n) is 3.43. The third-order valence-corrected chi connectivity index (χ3v) is 5.28. The lowest BCUT2D eigenvalue weighted by molar-refractivity contribution is 0.281. The van der Waals surface area contributed by atoms with Crippen molar-refractivity contribution < 1.29 is 0 Å². The van der Waals surface area contributed by atoms with Gasteiger partial charge in [-0.25, -0.2) is 4.98 Å². The Labute approximate surface area is 157 Å². The molecule has 0 bridgehead atoms. The third kappa shape index (κ3) is 3.64. The first-order valence-electron chi connectivity index (χ1n) is 8.87. The lowest BCUT2D eigenvalue weighted by atomic mass is 10.1. The van der Waals surface area contributed by atoms with E-state index >= 15 is 0 Å². The molecule has 25 heavy (non-hydrogen) atoms. The standard InChI is InChI=1S/C20H23BrN4/c1-15-3-5-16(6-4-15)20-18(14-24-11-2-9-22-10-12-24)25-13-17(21)7-8-19(25)23-20/h3-8,13,22H,2,9-12,14H2,1H3. The van der Waals surface area contributed by atoms with Gasteiger partial charge in [0.2, 0.25) is 0 Å². The molecule has 0 unspecified atom stereocenters. The second-order valence-electron chi connectivity index (χ2n) is 6.73. The minimum absolute atomic E-state index is 0.919. The molecule has 130 valence electrons. The first-order chi connectivity index (χ1) is 12.2. The summed E-state index contributed by atoms with van der Waals surface area (Å²) < 4.78 is 3.31. The summed E-state index contributed by atoms with van der Waals surface area (Å²) in [4.78, 5) is 7.47. The zero-order valence-corrected chi connectivity index (χ0v) is 16.1. The monoisotopic (exact) mass is 398 g/mol. The summed E-state index contributed by atoms with van der Waals surface area (Å²) in [5.74, 6) is 0. The maximum Gasteiger partial charge on any atom is 0.137 e. The molecule has 4 nitrogen and oxygen atoms in total. The lowest BCUT2D eigenvalue weighted by Crippen LogP contribution is -2.28. The van der Waals surface area contributed by atoms with Gasteiger partial charge in [0.05, 0.1) is 11.4 Å². The number of hydrogen-bond donors (Lipinski definition) is 1. The van der Waals surface area contributed by atoms with E-state index in [4.69, 9.17) is 4.98 Å². The molecule has 0 radical (unpaired) electrons. The Morgan fingerprint density at radius 3 is 2.76 bits per heavy atom. The number of hydrogen-bond acceptors (Lipinski definition) is 3. The van der Waals surface area contributed by atoms with Crippen LogP contribution in [0.4, 0.5) is 0 Å². The molecule has 5 heteroatoms. The molecule has 3 heterocycles. The Morgan fingerprint density at radius 1 is 1.08 bits per heavy atom. The highest BCUT2D eigenvalue weighted by molar-refractivity contribution is 9.10. The number of rotatable bonds is 3. The van der Waals surface area contributed by atoms with Gasteiger partial charge in [-0.1, -0.05) is 29.8 Å². The van der Waals surface area contributed by atoms with Gasteiger partial charge in [-0.05, 0) is 54.5 Å². The molecule has 2 aromatic heterocycles. The molecule has 1 N–H and O–H groups in total. The third-order valence-electron chi connectivity index (χ3n) is 4.81. The first-order valence-corrected chi connectivity index (χ1v) is 9.66. The fraction of sp³-hybridized carbons (Fsp3) is 0.350. The van der Waals surface area contributed by atoms with Crippen molar-refractivity contribution in [1.29, 1.82) is 0 Å². The average molecular weight is 399 g/mol. The number of aryl methyl sites for hydroxylation is 1. The van der Waals surface area contributed by atoms with E-state index < -0.39 is 0 Å². The highest BCUT2D eigenvalue weighted by atomic mass is 79.9. The van der Waals surface area contributed by atoms with E-state index in [1.807, 2.05) is 0 Å². The van der Waals surface area contributed by atoms with Crippen molar-refractivity contribution in [3.8, 4) is 11.3 Å². The molecule has 1 aromatic carbocycles. The highest BCUT2D eigenvalue weighted by Crippen LogP contribution is 2.27. The van der Waals surface area contributed by atoms with Gasteiger partial charge in [-0.2, -0.15) is 0 Å². The Balaban J connectivity index is 1.79. The van der Waals surface area contributed by atoms with Gasteiger partial charge >= 0.3 is 0 Å². The van der Waals surface area contributed by atoms with E-state index in [1.165, 1.54) is 23.2 Å². The number of aromatic nitrogens is 2. The van der Waals surface area contributed by atoms with Gasteiger partial charge in [0.25, 0.3) is 0 Å². The van der Waals surface area contributed by atoms with Gasteiger partial charge in [0.15, 0.2) is 0 Å². The molecule has 0 aliphatic carbocycles. The number of benzene rings is 1. The number of nitrogens with one attached hydrogen (secondary N) is 1. The largest absolute Gasteiger partial charge is 0.315 e. The molecule has 0 saturated carbocycles. The SMILES string of the molecule is Cc1ccc(-c2nc3ccc(Br)cn3c2CN2CCCNCC2)cc1. The fourth-order valence-corrected chi connectivity index (χ4v) is 3.77. The molecular weight excluding hydrogens is 376 g/mol. The lowest BCUT2D eigenvalue weighted by Gasteiger charge is -2.20. The number of fused-ring (bicyclic) bond motifs is 1. The quantitative estimate of drug-likeness (QED) is 0.726. The van der Waals surface area contributed by atoms with Crippen molar-refractivity contribution in [2.75, 3.05) is 26.2 Å². The zero-order valence-electron chi connectivity index (χ0n) is 14.5. The summed E-state index contributed by atoms with van der Waals surface area (Å²) in [5, 5.41) is 3.48. The second kappa shape index (κ2) is 7.28. The molecule has 0 atom stereocenters. The number of halogens is 1. The molecule has 1 saturated heterocycles. The Kier molecular flexibility index (Phi) is 4.88. The predicted molar refractivity (Wildman–Crippen MR) is 106 cm³/mol. The molecular formula is C20H23BrN4. The normalized spacial score (nSPS) is 16.2. The highest BCUT2D eigenvalue weighted by Gasteiger charge is 2.18. The molecule has 1 aliphatic heterocycles. The summed E-state index contributed by atoms with van der Waals surface area (Å²) in [6.07, 6.45) is 3.33. The molecule has 0 spiro atoms. The van der Waals surface area contributed by atoms with Crippen molar-refractivity contribution in [1.82, 2.24) is 19.6 Å². The topological polar surface area (TPSA) is 32.6 Å². The van der Waals surface area contributed by atoms with E-state index in [0.717, 1.165) is 48.5 Å². The molecule has 3 aromatic rings. The summed E-state index contributed by atoms with van der Waals surface area (Å²) in [7, 11) is 0. The summed E-state index contributed by atoms with van der Waals surface area (Å²) >= 11 is 3.61. The van der Waals surface area contributed by atoms with Crippen LogP contribution in [0.15, 0.2) is 47.1 Å². The minimum Gasteiger partial charge on any atom is -0.315 e. The van der Waals surface area contributed by atoms with Crippen LogP contribution in [0.1, 0.15) is 17.7 Å². The average Bonchev–Trinajstić information content (AvgIpc) is 2.79. The number of nitrogens with zero attached hydrogens (tertiary/aromatic N) is 3. The number of pyridine rings is 1. The van der Waals surface area contributed by atoms with Crippen LogP contribution in [-0.4, -0.2) is 40.5 Å². The molecule has 1 fully saturated rings. The van der Waals surface area contributed by atoms with Gasteiger partial charge < -0.3 is 9.72 Å². The maximum atomic E-state index is 4.94. The maximum absolute atomic E-state index is 4.94. The Morgan fingerprint density at radius 2 is 1.92 bits per heavy atom. The summed E-state index contributed by atoms with van der Waals surface area (Å²) in [6, 6.07) is 12.8. The molecule has 1 aliphatic rings. The van der Waals surface area contributed by atoms with E-state index in [9.17, 15) is 0 Å². The van der Waals surface area contributed by atoms with Crippen LogP contribution in [0.3, 0.4) is 0 Å².